The maximum absolute atomic E-state index is 14.0. The summed E-state index contributed by atoms with van der Waals surface area (Å²) >= 11 is 3.29. The number of aliphatic hydroxyl groups excluding tert-OH is 1. The van der Waals surface area contributed by atoms with Crippen LogP contribution in [0.15, 0.2) is 34.8 Å². The molecule has 1 aliphatic heterocycles. The molecular weight excluding hydrogens is 440 g/mol. The van der Waals surface area contributed by atoms with E-state index in [9.17, 15) is 33.7 Å². The van der Waals surface area contributed by atoms with E-state index in [2.05, 4.69) is 15.9 Å². The third-order valence-electron chi connectivity index (χ3n) is 4.98. The number of rotatable bonds is 5. The van der Waals surface area contributed by atoms with Crippen LogP contribution in [0.4, 0.5) is 14.5 Å². The molecule has 0 aromatic heterocycles. The largest absolute Gasteiger partial charge is 0.508 e. The fourth-order valence-electron chi connectivity index (χ4n) is 3.69. The molecule has 1 amide bonds. The zero-order valence-electron chi connectivity index (χ0n) is 14.6. The Morgan fingerprint density at radius 1 is 1.29 bits per heavy atom. The van der Waals surface area contributed by atoms with Gasteiger partial charge in [-0.15, -0.1) is 0 Å². The average molecular weight is 456 g/mol. The van der Waals surface area contributed by atoms with Gasteiger partial charge in [0.25, 0.3) is 0 Å². The Labute approximate surface area is 167 Å². The third-order valence-corrected chi connectivity index (χ3v) is 5.64. The van der Waals surface area contributed by atoms with Crippen molar-refractivity contribution in [1.29, 1.82) is 0 Å². The minimum atomic E-state index is -2.00. The minimum absolute atomic E-state index is 0.0678. The summed E-state index contributed by atoms with van der Waals surface area (Å²) in [6.07, 6.45) is 0.0678. The number of hydrogen-bond acceptors (Lipinski definition) is 4. The topological polar surface area (TPSA) is 98.1 Å². The maximum Gasteiger partial charge on any atom is 0.326 e. The summed E-state index contributed by atoms with van der Waals surface area (Å²) in [4.78, 5) is 26.2. The number of benzene rings is 2. The summed E-state index contributed by atoms with van der Waals surface area (Å²) in [6, 6.07) is 4.56. The molecule has 2 unspecified atom stereocenters. The zero-order valence-corrected chi connectivity index (χ0v) is 16.2. The Balaban J connectivity index is 2.39. The summed E-state index contributed by atoms with van der Waals surface area (Å²) in [5.41, 5.74) is -1.98. The molecule has 3 rings (SSSR count). The van der Waals surface area contributed by atoms with E-state index in [1.54, 1.807) is 19.1 Å². The number of hydrogen-bond donors (Lipinski definition) is 3. The van der Waals surface area contributed by atoms with Gasteiger partial charge in [0.1, 0.15) is 17.2 Å². The van der Waals surface area contributed by atoms with Crippen molar-refractivity contribution in [3.05, 3.63) is 57.6 Å². The van der Waals surface area contributed by atoms with Crippen LogP contribution in [0.25, 0.3) is 0 Å². The van der Waals surface area contributed by atoms with Crippen LogP contribution in [0.3, 0.4) is 0 Å². The molecule has 3 N–H and O–H groups in total. The van der Waals surface area contributed by atoms with Gasteiger partial charge in [0.15, 0.2) is 11.6 Å². The predicted octanol–water partition coefficient (Wildman–Crippen LogP) is 2.92. The molecule has 9 heteroatoms. The molecule has 2 aromatic carbocycles. The number of halogens is 3. The number of aliphatic carboxylic acids is 1. The van der Waals surface area contributed by atoms with Gasteiger partial charge >= 0.3 is 5.97 Å². The lowest BCUT2D eigenvalue weighted by molar-refractivity contribution is -0.140. The summed E-state index contributed by atoms with van der Waals surface area (Å²) < 4.78 is 27.9. The van der Waals surface area contributed by atoms with Crippen LogP contribution in [-0.2, 0) is 15.0 Å². The molecule has 0 saturated carbocycles. The fraction of sp³-hybridized carbons (Fsp3) is 0.263. The quantitative estimate of drug-likeness (QED) is 0.643. The van der Waals surface area contributed by atoms with Gasteiger partial charge in [0.05, 0.1) is 12.3 Å². The highest BCUT2D eigenvalue weighted by Crippen LogP contribution is 2.52. The van der Waals surface area contributed by atoms with Crippen LogP contribution in [-0.4, -0.2) is 39.8 Å². The predicted molar refractivity (Wildman–Crippen MR) is 99.2 cm³/mol. The van der Waals surface area contributed by atoms with E-state index < -0.39 is 47.3 Å². The highest BCUT2D eigenvalue weighted by Gasteiger charge is 2.56. The molecule has 2 atom stereocenters. The Hall–Kier alpha value is -2.52. The van der Waals surface area contributed by atoms with Crippen molar-refractivity contribution >= 4 is 33.5 Å². The van der Waals surface area contributed by atoms with Gasteiger partial charge in [-0.05, 0) is 24.6 Å². The summed E-state index contributed by atoms with van der Waals surface area (Å²) in [6.45, 7) is 0.685. The van der Waals surface area contributed by atoms with Crippen molar-refractivity contribution in [2.75, 3.05) is 11.5 Å². The van der Waals surface area contributed by atoms with E-state index >= 15 is 0 Å². The second kappa shape index (κ2) is 7.14. The number of fused-ring (bicyclic) bond motifs is 1. The molecule has 0 saturated heterocycles. The van der Waals surface area contributed by atoms with Crippen molar-refractivity contribution in [1.82, 2.24) is 0 Å². The number of aliphatic hydroxyl groups is 1. The second-order valence-corrected chi connectivity index (χ2v) is 7.27. The summed E-state index contributed by atoms with van der Waals surface area (Å²) in [5.74, 6) is -5.47. The Morgan fingerprint density at radius 2 is 1.93 bits per heavy atom. The molecule has 2 aromatic rings. The first-order valence-electron chi connectivity index (χ1n) is 8.35. The van der Waals surface area contributed by atoms with Crippen molar-refractivity contribution in [3.8, 4) is 5.75 Å². The van der Waals surface area contributed by atoms with E-state index in [-0.39, 0.29) is 23.2 Å². The van der Waals surface area contributed by atoms with Gasteiger partial charge in [0.2, 0.25) is 5.91 Å². The third kappa shape index (κ3) is 2.68. The molecule has 0 fully saturated rings. The van der Waals surface area contributed by atoms with Gasteiger partial charge in [0, 0.05) is 21.7 Å². The molecule has 0 spiro atoms. The van der Waals surface area contributed by atoms with Crippen molar-refractivity contribution in [3.63, 3.8) is 0 Å². The standard InChI is InChI=1S/C19H16BrF2NO5/c1-2-13(17(26)27)23-14-5-3-4-10(20)16(14)19(8-24,18(23)28)9-6-11(21)12(22)7-15(9)25/h3-7,13,24-25H,2,8H2,1H3,(H,26,27). The number of phenolic OH excluding ortho intramolecular Hbond substituents is 1. The van der Waals surface area contributed by atoms with Gasteiger partial charge in [-0.25, -0.2) is 13.6 Å². The van der Waals surface area contributed by atoms with Crippen molar-refractivity contribution in [2.45, 2.75) is 24.8 Å². The molecule has 6 nitrogen and oxygen atoms in total. The number of anilines is 1. The number of aromatic hydroxyl groups is 1. The van der Waals surface area contributed by atoms with E-state index in [0.717, 1.165) is 4.90 Å². The lowest BCUT2D eigenvalue weighted by atomic mass is 9.75. The molecule has 28 heavy (non-hydrogen) atoms. The van der Waals surface area contributed by atoms with Crippen molar-refractivity contribution in [2.24, 2.45) is 0 Å². The first-order valence-corrected chi connectivity index (χ1v) is 9.14. The number of nitrogens with zero attached hydrogens (tertiary/aromatic N) is 1. The van der Waals surface area contributed by atoms with Crippen LogP contribution in [0.2, 0.25) is 0 Å². The molecule has 0 bridgehead atoms. The van der Waals surface area contributed by atoms with Crippen molar-refractivity contribution < 1.29 is 33.7 Å². The number of carbonyl (C=O) groups is 2. The van der Waals surface area contributed by atoms with E-state index in [1.807, 2.05) is 0 Å². The Kier molecular flexibility index (Phi) is 5.16. The van der Waals surface area contributed by atoms with Crippen LogP contribution >= 0.6 is 15.9 Å². The summed E-state index contributed by atoms with van der Waals surface area (Å²) in [7, 11) is 0. The number of phenols is 1. The zero-order chi connectivity index (χ0) is 20.8. The van der Waals surface area contributed by atoms with Crippen LogP contribution in [0.1, 0.15) is 24.5 Å². The van der Waals surface area contributed by atoms with Crippen LogP contribution in [0.5, 0.6) is 5.75 Å². The highest BCUT2D eigenvalue weighted by molar-refractivity contribution is 9.10. The lowest BCUT2D eigenvalue weighted by Crippen LogP contribution is -2.50. The maximum atomic E-state index is 14.0. The second-order valence-electron chi connectivity index (χ2n) is 6.42. The Morgan fingerprint density at radius 3 is 2.50 bits per heavy atom. The van der Waals surface area contributed by atoms with Gasteiger partial charge in [-0.2, -0.15) is 0 Å². The number of amides is 1. The van der Waals surface area contributed by atoms with Crippen LogP contribution in [0, 0.1) is 11.6 Å². The first kappa shape index (κ1) is 20.2. The number of carboxylic acids is 1. The molecule has 0 radical (unpaired) electrons. The first-order chi connectivity index (χ1) is 13.2. The molecule has 1 heterocycles. The van der Waals surface area contributed by atoms with Gasteiger partial charge in [-0.1, -0.05) is 28.9 Å². The normalized spacial score (nSPS) is 19.6. The number of carboxylic acid groups (broad SMARTS) is 1. The average Bonchev–Trinajstić information content (AvgIpc) is 2.89. The van der Waals surface area contributed by atoms with E-state index in [1.165, 1.54) is 6.07 Å². The molecule has 0 aliphatic carbocycles. The van der Waals surface area contributed by atoms with Crippen LogP contribution < -0.4 is 4.90 Å². The molecular formula is C19H16BrF2NO5. The summed E-state index contributed by atoms with van der Waals surface area (Å²) in [5, 5.41) is 30.1. The smallest absolute Gasteiger partial charge is 0.326 e. The van der Waals surface area contributed by atoms with E-state index in [4.69, 9.17) is 0 Å². The number of carbonyl (C=O) groups excluding carboxylic acids is 1. The highest BCUT2D eigenvalue weighted by atomic mass is 79.9. The Bertz CT molecular complexity index is 983. The monoisotopic (exact) mass is 455 g/mol. The molecule has 148 valence electrons. The van der Waals surface area contributed by atoms with Gasteiger partial charge < -0.3 is 15.3 Å². The van der Waals surface area contributed by atoms with Gasteiger partial charge in [-0.3, -0.25) is 9.69 Å². The lowest BCUT2D eigenvalue weighted by Gasteiger charge is -2.30. The minimum Gasteiger partial charge on any atom is -0.508 e. The fourth-order valence-corrected chi connectivity index (χ4v) is 4.39. The van der Waals surface area contributed by atoms with E-state index in [0.29, 0.717) is 16.6 Å². The molecule has 1 aliphatic rings. The SMILES string of the molecule is CCC(C(=O)O)N1C(=O)C(CO)(c2cc(F)c(F)cc2O)c2c(Br)cccc21.